The molecule has 0 heterocycles. The van der Waals surface area contributed by atoms with E-state index in [-0.39, 0.29) is 0 Å². The highest BCUT2D eigenvalue weighted by molar-refractivity contribution is 6.06. The van der Waals surface area contributed by atoms with Crippen LogP contribution in [0.4, 0.5) is 17.1 Å². The van der Waals surface area contributed by atoms with E-state index in [4.69, 9.17) is 0 Å². The lowest BCUT2D eigenvalue weighted by Gasteiger charge is -2.31. The summed E-state index contributed by atoms with van der Waals surface area (Å²) in [6.07, 6.45) is 0. The van der Waals surface area contributed by atoms with Gasteiger partial charge in [-0.1, -0.05) is 115 Å². The molecule has 0 saturated carbocycles. The third-order valence-corrected chi connectivity index (χ3v) is 10.6. The smallest absolute Gasteiger partial charge is 0.0731 e. The third-order valence-electron chi connectivity index (χ3n) is 10.6. The van der Waals surface area contributed by atoms with E-state index >= 15 is 0 Å². The summed E-state index contributed by atoms with van der Waals surface area (Å²) in [5.41, 5.74) is 16.4. The number of rotatable bonds is 3. The standard InChI is InChI=1S/C47H33N/c1-30-24-31(2)26-37(25-30)48(35-13-4-3-5-14-35)36-22-20-33-28-42-41-23-21-32-12-6-7-15-38(32)46(41)47(45(42)29-34(33)27-36)43-18-10-8-16-39(43)40-17-9-11-19-44(40)47/h3-29H,1-2H3. The fourth-order valence-electron chi connectivity index (χ4n) is 8.89. The van der Waals surface area contributed by atoms with Crippen LogP contribution in [0.3, 0.4) is 0 Å². The first kappa shape index (κ1) is 27.2. The SMILES string of the molecule is Cc1cc(C)cc(N(c2ccccc2)c2ccc3cc4c(cc3c2)C2(c3ccccc3-c3ccccc32)c2c-4ccc3ccccc23)c1. The van der Waals surface area contributed by atoms with Crippen LogP contribution in [0.5, 0.6) is 0 Å². The van der Waals surface area contributed by atoms with E-state index in [2.05, 4.69) is 183 Å². The predicted octanol–water partition coefficient (Wildman–Crippen LogP) is 12.4. The van der Waals surface area contributed by atoms with Crippen molar-refractivity contribution in [2.24, 2.45) is 0 Å². The summed E-state index contributed by atoms with van der Waals surface area (Å²) >= 11 is 0. The van der Waals surface area contributed by atoms with Crippen LogP contribution in [0, 0.1) is 13.8 Å². The Labute approximate surface area is 281 Å². The largest absolute Gasteiger partial charge is 0.310 e. The van der Waals surface area contributed by atoms with E-state index in [1.165, 1.54) is 82.9 Å². The Kier molecular flexibility index (Phi) is 5.69. The molecule has 8 aromatic rings. The van der Waals surface area contributed by atoms with Crippen molar-refractivity contribution in [3.8, 4) is 22.3 Å². The first-order valence-electron chi connectivity index (χ1n) is 16.8. The molecule has 2 aliphatic carbocycles. The molecule has 0 bridgehead atoms. The fraction of sp³-hybridized carbons (Fsp3) is 0.0638. The van der Waals surface area contributed by atoms with Crippen LogP contribution in [0.25, 0.3) is 43.8 Å². The zero-order chi connectivity index (χ0) is 32.0. The van der Waals surface area contributed by atoms with Gasteiger partial charge in [-0.15, -0.1) is 0 Å². The van der Waals surface area contributed by atoms with Crippen LogP contribution < -0.4 is 4.90 Å². The molecule has 0 aromatic heterocycles. The number of aryl methyl sites for hydroxylation is 2. The summed E-state index contributed by atoms with van der Waals surface area (Å²) in [6, 6.07) is 61.3. The molecule has 48 heavy (non-hydrogen) atoms. The molecule has 0 saturated heterocycles. The second kappa shape index (κ2) is 10.0. The van der Waals surface area contributed by atoms with Gasteiger partial charge >= 0.3 is 0 Å². The van der Waals surface area contributed by atoms with Crippen molar-refractivity contribution in [1.82, 2.24) is 0 Å². The minimum atomic E-state index is -0.407. The van der Waals surface area contributed by atoms with Crippen molar-refractivity contribution < 1.29 is 0 Å². The molecule has 0 amide bonds. The Morgan fingerprint density at radius 2 is 1.02 bits per heavy atom. The van der Waals surface area contributed by atoms with E-state index in [0.29, 0.717) is 0 Å². The molecule has 0 atom stereocenters. The number of hydrogen-bond donors (Lipinski definition) is 0. The molecular weight excluding hydrogens is 579 g/mol. The van der Waals surface area contributed by atoms with E-state index in [1.807, 2.05) is 0 Å². The summed E-state index contributed by atoms with van der Waals surface area (Å²) in [7, 11) is 0. The maximum atomic E-state index is 2.51. The van der Waals surface area contributed by atoms with Crippen molar-refractivity contribution in [3.63, 3.8) is 0 Å². The Hall–Kier alpha value is -5.92. The molecule has 10 rings (SSSR count). The van der Waals surface area contributed by atoms with Crippen LogP contribution in [0.15, 0.2) is 164 Å². The first-order chi connectivity index (χ1) is 23.6. The number of hydrogen-bond acceptors (Lipinski definition) is 1. The van der Waals surface area contributed by atoms with Crippen molar-refractivity contribution in [1.29, 1.82) is 0 Å². The van der Waals surface area contributed by atoms with Gasteiger partial charge in [0.1, 0.15) is 0 Å². The van der Waals surface area contributed by atoms with Gasteiger partial charge in [0.2, 0.25) is 0 Å². The van der Waals surface area contributed by atoms with Gasteiger partial charge < -0.3 is 4.90 Å². The highest BCUT2D eigenvalue weighted by atomic mass is 15.1. The van der Waals surface area contributed by atoms with Gasteiger partial charge in [0.25, 0.3) is 0 Å². The highest BCUT2D eigenvalue weighted by Gasteiger charge is 2.52. The second-order valence-electron chi connectivity index (χ2n) is 13.5. The maximum absolute atomic E-state index is 2.51. The van der Waals surface area contributed by atoms with Gasteiger partial charge in [-0.05, 0) is 140 Å². The average molecular weight is 612 g/mol. The molecule has 0 radical (unpaired) electrons. The lowest BCUT2D eigenvalue weighted by atomic mass is 9.69. The summed E-state index contributed by atoms with van der Waals surface area (Å²) in [5, 5.41) is 5.10. The molecule has 2 aliphatic rings. The molecule has 0 N–H and O–H groups in total. The Morgan fingerprint density at radius 1 is 0.375 bits per heavy atom. The Balaban J connectivity index is 1.29. The van der Waals surface area contributed by atoms with Crippen LogP contribution in [0.1, 0.15) is 33.4 Å². The number of benzene rings is 8. The average Bonchev–Trinajstić information content (AvgIpc) is 3.58. The van der Waals surface area contributed by atoms with Gasteiger partial charge in [-0.2, -0.15) is 0 Å². The normalized spacial score (nSPS) is 13.4. The first-order valence-corrected chi connectivity index (χ1v) is 16.8. The van der Waals surface area contributed by atoms with Crippen LogP contribution in [-0.4, -0.2) is 0 Å². The molecule has 0 unspecified atom stereocenters. The summed E-state index contributed by atoms with van der Waals surface area (Å²) in [5.74, 6) is 0. The Bertz CT molecular complexity index is 2530. The molecular formula is C47H33N. The lowest BCUT2D eigenvalue weighted by molar-refractivity contribution is 0.802. The molecule has 1 heteroatoms. The monoisotopic (exact) mass is 611 g/mol. The van der Waals surface area contributed by atoms with Crippen molar-refractivity contribution in [2.75, 3.05) is 4.90 Å². The molecule has 1 spiro atoms. The van der Waals surface area contributed by atoms with Crippen molar-refractivity contribution >= 4 is 38.6 Å². The van der Waals surface area contributed by atoms with Crippen molar-refractivity contribution in [2.45, 2.75) is 19.3 Å². The van der Waals surface area contributed by atoms with E-state index in [1.54, 1.807) is 0 Å². The number of para-hydroxylation sites is 1. The van der Waals surface area contributed by atoms with Crippen LogP contribution in [-0.2, 0) is 5.41 Å². The number of anilines is 3. The third kappa shape index (κ3) is 3.67. The predicted molar refractivity (Wildman–Crippen MR) is 202 cm³/mol. The summed E-state index contributed by atoms with van der Waals surface area (Å²) in [4.78, 5) is 2.39. The maximum Gasteiger partial charge on any atom is 0.0731 e. The van der Waals surface area contributed by atoms with E-state index < -0.39 is 5.41 Å². The fourth-order valence-corrected chi connectivity index (χ4v) is 8.89. The quantitative estimate of drug-likeness (QED) is 0.192. The minimum absolute atomic E-state index is 0.407. The number of fused-ring (bicyclic) bond motifs is 13. The number of nitrogens with zero attached hydrogens (tertiary/aromatic N) is 1. The lowest BCUT2D eigenvalue weighted by Crippen LogP contribution is -2.26. The van der Waals surface area contributed by atoms with E-state index in [9.17, 15) is 0 Å². The topological polar surface area (TPSA) is 3.24 Å². The van der Waals surface area contributed by atoms with Crippen molar-refractivity contribution in [3.05, 3.63) is 197 Å². The zero-order valence-electron chi connectivity index (χ0n) is 27.0. The van der Waals surface area contributed by atoms with Crippen LogP contribution >= 0.6 is 0 Å². The Morgan fingerprint density at radius 3 is 1.77 bits per heavy atom. The van der Waals surface area contributed by atoms with Gasteiger partial charge in [-0.3, -0.25) is 0 Å². The van der Waals surface area contributed by atoms with Gasteiger partial charge in [-0.25, -0.2) is 0 Å². The molecule has 8 aromatic carbocycles. The molecule has 0 aliphatic heterocycles. The van der Waals surface area contributed by atoms with Gasteiger partial charge in [0.15, 0.2) is 0 Å². The molecule has 0 fully saturated rings. The van der Waals surface area contributed by atoms with Crippen LogP contribution in [0.2, 0.25) is 0 Å². The second-order valence-corrected chi connectivity index (χ2v) is 13.5. The highest BCUT2D eigenvalue weighted by Crippen LogP contribution is 2.64. The molecule has 226 valence electrons. The van der Waals surface area contributed by atoms with Gasteiger partial charge in [0, 0.05) is 17.1 Å². The molecule has 1 nitrogen and oxygen atoms in total. The van der Waals surface area contributed by atoms with Gasteiger partial charge in [0.05, 0.1) is 5.41 Å². The summed E-state index contributed by atoms with van der Waals surface area (Å²) < 4.78 is 0. The minimum Gasteiger partial charge on any atom is -0.310 e. The van der Waals surface area contributed by atoms with E-state index in [0.717, 1.165) is 11.4 Å². The zero-order valence-corrected chi connectivity index (χ0v) is 27.0. The summed E-state index contributed by atoms with van der Waals surface area (Å²) in [6.45, 7) is 4.36.